The molecule has 100 valence electrons. The predicted octanol–water partition coefficient (Wildman–Crippen LogP) is 1.74. The highest BCUT2D eigenvalue weighted by molar-refractivity contribution is 5.75. The van der Waals surface area contributed by atoms with Gasteiger partial charge in [-0.05, 0) is 30.5 Å². The van der Waals surface area contributed by atoms with Crippen molar-refractivity contribution in [3.05, 3.63) is 35.4 Å². The van der Waals surface area contributed by atoms with Crippen LogP contribution in [0.25, 0.3) is 0 Å². The number of likely N-dealkylation sites (N-methyl/N-ethyl adjacent to an activating group) is 1. The molecule has 18 heavy (non-hydrogen) atoms. The van der Waals surface area contributed by atoms with Crippen LogP contribution >= 0.6 is 0 Å². The molecule has 0 bridgehead atoms. The van der Waals surface area contributed by atoms with Crippen molar-refractivity contribution in [1.29, 1.82) is 0 Å². The largest absolute Gasteiger partial charge is 0.395 e. The van der Waals surface area contributed by atoms with Gasteiger partial charge in [0, 0.05) is 20.0 Å². The topological polar surface area (TPSA) is 40.5 Å². The van der Waals surface area contributed by atoms with Crippen molar-refractivity contribution in [2.45, 2.75) is 19.3 Å². The van der Waals surface area contributed by atoms with E-state index in [9.17, 15) is 13.6 Å². The Morgan fingerprint density at radius 2 is 2.06 bits per heavy atom. The number of aliphatic hydroxyl groups is 1. The van der Waals surface area contributed by atoms with E-state index in [1.807, 2.05) is 0 Å². The zero-order chi connectivity index (χ0) is 13.5. The van der Waals surface area contributed by atoms with Crippen LogP contribution in [0.3, 0.4) is 0 Å². The molecule has 1 aromatic rings. The third kappa shape index (κ3) is 4.41. The smallest absolute Gasteiger partial charge is 0.222 e. The van der Waals surface area contributed by atoms with Gasteiger partial charge in [-0.25, -0.2) is 8.78 Å². The third-order valence-electron chi connectivity index (χ3n) is 2.70. The minimum atomic E-state index is -0.865. The van der Waals surface area contributed by atoms with Gasteiger partial charge in [-0.15, -0.1) is 0 Å². The molecule has 0 heterocycles. The van der Waals surface area contributed by atoms with Crippen molar-refractivity contribution in [2.24, 2.45) is 0 Å². The molecule has 0 saturated heterocycles. The normalized spacial score (nSPS) is 10.4. The lowest BCUT2D eigenvalue weighted by Gasteiger charge is -2.15. The van der Waals surface area contributed by atoms with Crippen LogP contribution in [-0.4, -0.2) is 36.1 Å². The SMILES string of the molecule is CN(CCO)C(=O)CCCc1ccc(F)c(F)c1. The summed E-state index contributed by atoms with van der Waals surface area (Å²) in [5, 5.41) is 8.67. The van der Waals surface area contributed by atoms with Crippen molar-refractivity contribution >= 4 is 5.91 Å². The molecule has 0 radical (unpaired) electrons. The fourth-order valence-corrected chi connectivity index (χ4v) is 1.60. The second kappa shape index (κ2) is 7.06. The van der Waals surface area contributed by atoms with Crippen LogP contribution in [0.5, 0.6) is 0 Å². The third-order valence-corrected chi connectivity index (χ3v) is 2.70. The Hall–Kier alpha value is -1.49. The van der Waals surface area contributed by atoms with Gasteiger partial charge in [0.15, 0.2) is 11.6 Å². The summed E-state index contributed by atoms with van der Waals surface area (Å²) in [5.74, 6) is -1.79. The lowest BCUT2D eigenvalue weighted by molar-refractivity contribution is -0.130. The second-order valence-electron chi connectivity index (χ2n) is 4.14. The molecule has 1 N–H and O–H groups in total. The monoisotopic (exact) mass is 257 g/mol. The van der Waals surface area contributed by atoms with Gasteiger partial charge in [0.05, 0.1) is 6.61 Å². The number of benzene rings is 1. The van der Waals surface area contributed by atoms with Gasteiger partial charge in [0.2, 0.25) is 5.91 Å². The first kappa shape index (κ1) is 14.6. The van der Waals surface area contributed by atoms with Crippen LogP contribution in [0, 0.1) is 11.6 Å². The zero-order valence-corrected chi connectivity index (χ0v) is 10.3. The van der Waals surface area contributed by atoms with E-state index in [2.05, 4.69) is 0 Å². The summed E-state index contributed by atoms with van der Waals surface area (Å²) < 4.78 is 25.6. The molecule has 1 rings (SSSR count). The Kier molecular flexibility index (Phi) is 5.71. The molecule has 5 heteroatoms. The zero-order valence-electron chi connectivity index (χ0n) is 10.3. The highest BCUT2D eigenvalue weighted by atomic mass is 19.2. The summed E-state index contributed by atoms with van der Waals surface area (Å²) in [4.78, 5) is 13.0. The summed E-state index contributed by atoms with van der Waals surface area (Å²) in [5.41, 5.74) is 0.673. The Bertz CT molecular complexity index is 410. The molecular weight excluding hydrogens is 240 g/mol. The van der Waals surface area contributed by atoms with E-state index in [1.54, 1.807) is 7.05 Å². The molecule has 0 aliphatic heterocycles. The maximum atomic E-state index is 12.9. The van der Waals surface area contributed by atoms with Gasteiger partial charge in [0.25, 0.3) is 0 Å². The van der Waals surface area contributed by atoms with Crippen LogP contribution in [0.1, 0.15) is 18.4 Å². The Morgan fingerprint density at radius 3 is 2.67 bits per heavy atom. The number of rotatable bonds is 6. The van der Waals surface area contributed by atoms with Crippen molar-refractivity contribution in [1.82, 2.24) is 4.90 Å². The van der Waals surface area contributed by atoms with E-state index in [-0.39, 0.29) is 12.5 Å². The molecule has 0 spiro atoms. The number of carbonyl (C=O) groups is 1. The number of hydrogen-bond acceptors (Lipinski definition) is 2. The maximum Gasteiger partial charge on any atom is 0.222 e. The van der Waals surface area contributed by atoms with Gasteiger partial charge in [-0.2, -0.15) is 0 Å². The van der Waals surface area contributed by atoms with Crippen LogP contribution in [0.2, 0.25) is 0 Å². The summed E-state index contributed by atoms with van der Waals surface area (Å²) in [7, 11) is 1.62. The number of carbonyl (C=O) groups excluding carboxylic acids is 1. The molecule has 0 aliphatic rings. The van der Waals surface area contributed by atoms with Crippen molar-refractivity contribution < 1.29 is 18.7 Å². The molecule has 0 aromatic heterocycles. The lowest BCUT2D eigenvalue weighted by atomic mass is 10.1. The lowest BCUT2D eigenvalue weighted by Crippen LogP contribution is -2.29. The summed E-state index contributed by atoms with van der Waals surface area (Å²) in [6, 6.07) is 3.75. The van der Waals surface area contributed by atoms with E-state index in [1.165, 1.54) is 11.0 Å². The molecule has 0 aliphatic carbocycles. The first-order valence-electron chi connectivity index (χ1n) is 5.83. The van der Waals surface area contributed by atoms with Crippen LogP contribution < -0.4 is 0 Å². The van der Waals surface area contributed by atoms with Crippen LogP contribution in [0.4, 0.5) is 8.78 Å². The fourth-order valence-electron chi connectivity index (χ4n) is 1.60. The summed E-state index contributed by atoms with van der Waals surface area (Å²) >= 11 is 0. The summed E-state index contributed by atoms with van der Waals surface area (Å²) in [6.45, 7) is 0.245. The Morgan fingerprint density at radius 1 is 1.33 bits per heavy atom. The summed E-state index contributed by atoms with van der Waals surface area (Å²) in [6.07, 6.45) is 1.42. The Balaban J connectivity index is 2.37. The quantitative estimate of drug-likeness (QED) is 0.843. The fraction of sp³-hybridized carbons (Fsp3) is 0.462. The van der Waals surface area contributed by atoms with Gasteiger partial charge in [-0.3, -0.25) is 4.79 Å². The average Bonchev–Trinajstić information content (AvgIpc) is 2.34. The number of amides is 1. The van der Waals surface area contributed by atoms with Crippen LogP contribution in [-0.2, 0) is 11.2 Å². The molecule has 3 nitrogen and oxygen atoms in total. The van der Waals surface area contributed by atoms with Gasteiger partial charge >= 0.3 is 0 Å². The number of aliphatic hydroxyl groups excluding tert-OH is 1. The van der Waals surface area contributed by atoms with Gasteiger partial charge < -0.3 is 10.0 Å². The van der Waals surface area contributed by atoms with E-state index in [0.717, 1.165) is 12.1 Å². The van der Waals surface area contributed by atoms with Crippen molar-refractivity contribution in [3.63, 3.8) is 0 Å². The van der Waals surface area contributed by atoms with Gasteiger partial charge in [0.1, 0.15) is 0 Å². The molecule has 0 saturated carbocycles. The van der Waals surface area contributed by atoms with E-state index in [4.69, 9.17) is 5.11 Å². The molecule has 0 atom stereocenters. The van der Waals surface area contributed by atoms with Crippen molar-refractivity contribution in [2.75, 3.05) is 20.2 Å². The molecular formula is C13H17F2NO2. The minimum Gasteiger partial charge on any atom is -0.395 e. The van der Waals surface area contributed by atoms with E-state index in [0.29, 0.717) is 31.4 Å². The number of halogens is 2. The van der Waals surface area contributed by atoms with Crippen LogP contribution in [0.15, 0.2) is 18.2 Å². The van der Waals surface area contributed by atoms with Crippen molar-refractivity contribution in [3.8, 4) is 0 Å². The molecule has 0 unspecified atom stereocenters. The number of aryl methyl sites for hydroxylation is 1. The highest BCUT2D eigenvalue weighted by Crippen LogP contribution is 2.11. The first-order chi connectivity index (χ1) is 8.54. The number of hydrogen-bond donors (Lipinski definition) is 1. The minimum absolute atomic E-state index is 0.0633. The average molecular weight is 257 g/mol. The predicted molar refractivity (Wildman–Crippen MR) is 64.0 cm³/mol. The highest BCUT2D eigenvalue weighted by Gasteiger charge is 2.08. The molecule has 0 fully saturated rings. The molecule has 1 aromatic carbocycles. The van der Waals surface area contributed by atoms with E-state index < -0.39 is 11.6 Å². The molecule has 1 amide bonds. The maximum absolute atomic E-state index is 12.9. The number of nitrogens with zero attached hydrogens (tertiary/aromatic N) is 1. The second-order valence-corrected chi connectivity index (χ2v) is 4.14. The standard InChI is InChI=1S/C13H17F2NO2/c1-16(7-8-17)13(18)4-2-3-10-5-6-11(14)12(15)9-10/h5-6,9,17H,2-4,7-8H2,1H3. The van der Waals surface area contributed by atoms with Gasteiger partial charge in [-0.1, -0.05) is 6.07 Å². The Labute approximate surface area is 105 Å². The van der Waals surface area contributed by atoms with E-state index >= 15 is 0 Å². The first-order valence-corrected chi connectivity index (χ1v) is 5.83.